The highest BCUT2D eigenvalue weighted by molar-refractivity contribution is 4.83. The zero-order chi connectivity index (χ0) is 14.7. The fourth-order valence-electron chi connectivity index (χ4n) is 2.97. The zero-order valence-electron chi connectivity index (χ0n) is 14.3. The van der Waals surface area contributed by atoms with Crippen LogP contribution in [0, 0.1) is 17.3 Å². The zero-order valence-corrected chi connectivity index (χ0v) is 14.3. The van der Waals surface area contributed by atoms with E-state index in [4.69, 9.17) is 0 Å². The number of rotatable bonds is 5. The molecule has 19 heavy (non-hydrogen) atoms. The third-order valence-corrected chi connectivity index (χ3v) is 5.27. The van der Waals surface area contributed by atoms with E-state index >= 15 is 0 Å². The number of likely N-dealkylation sites (N-methyl/N-ethyl adjacent to an activating group) is 1. The Labute approximate surface area is 121 Å². The van der Waals surface area contributed by atoms with Gasteiger partial charge < -0.3 is 10.2 Å². The number of hydrogen-bond donors (Lipinski definition) is 1. The second kappa shape index (κ2) is 6.58. The quantitative estimate of drug-likeness (QED) is 0.816. The third-order valence-electron chi connectivity index (χ3n) is 5.27. The van der Waals surface area contributed by atoms with Crippen molar-refractivity contribution >= 4 is 0 Å². The number of nitrogens with zero attached hydrogens (tertiary/aromatic N) is 1. The van der Waals surface area contributed by atoms with Gasteiger partial charge in [-0.1, -0.05) is 20.8 Å². The molecular formula is C17H36N2. The third kappa shape index (κ3) is 5.43. The van der Waals surface area contributed by atoms with Crippen molar-refractivity contribution in [2.24, 2.45) is 17.3 Å². The van der Waals surface area contributed by atoms with E-state index in [0.717, 1.165) is 18.4 Å². The molecule has 0 aromatic carbocycles. The lowest BCUT2D eigenvalue weighted by Crippen LogP contribution is -2.47. The number of nitrogens with one attached hydrogen (secondary N) is 1. The van der Waals surface area contributed by atoms with Gasteiger partial charge >= 0.3 is 0 Å². The molecule has 0 heterocycles. The van der Waals surface area contributed by atoms with Gasteiger partial charge in [0.1, 0.15) is 0 Å². The molecule has 0 saturated heterocycles. The predicted octanol–water partition coefficient (Wildman–Crippen LogP) is 3.77. The van der Waals surface area contributed by atoms with Crippen LogP contribution < -0.4 is 5.32 Å². The summed E-state index contributed by atoms with van der Waals surface area (Å²) in [5.74, 6) is 1.83. The van der Waals surface area contributed by atoms with Crippen molar-refractivity contribution in [3.05, 3.63) is 0 Å². The Bertz CT molecular complexity index is 255. The van der Waals surface area contributed by atoms with E-state index in [-0.39, 0.29) is 5.54 Å². The van der Waals surface area contributed by atoms with E-state index in [1.807, 2.05) is 0 Å². The van der Waals surface area contributed by atoms with Crippen molar-refractivity contribution in [3.63, 3.8) is 0 Å². The average molecular weight is 268 g/mol. The summed E-state index contributed by atoms with van der Waals surface area (Å²) in [4.78, 5) is 2.30. The van der Waals surface area contributed by atoms with E-state index in [0.29, 0.717) is 5.41 Å². The highest BCUT2D eigenvalue weighted by Gasteiger charge is 2.29. The first-order chi connectivity index (χ1) is 8.63. The highest BCUT2D eigenvalue weighted by Crippen LogP contribution is 2.39. The predicted molar refractivity (Wildman–Crippen MR) is 85.5 cm³/mol. The summed E-state index contributed by atoms with van der Waals surface area (Å²) in [5.41, 5.74) is 0.758. The standard InChI is InChI=1S/C17H36N2/c1-16(2,3)15-10-8-14(9-11-15)12-18-13-17(4,5)19(6)7/h14-15,18H,8-13H2,1-7H3. The van der Waals surface area contributed by atoms with Crippen molar-refractivity contribution in [2.45, 2.75) is 65.8 Å². The summed E-state index contributed by atoms with van der Waals surface area (Å²) < 4.78 is 0. The lowest BCUT2D eigenvalue weighted by atomic mass is 9.70. The molecule has 1 saturated carbocycles. The molecule has 0 aromatic heterocycles. The van der Waals surface area contributed by atoms with Gasteiger partial charge in [-0.2, -0.15) is 0 Å². The van der Waals surface area contributed by atoms with Gasteiger partial charge in [0.15, 0.2) is 0 Å². The fourth-order valence-corrected chi connectivity index (χ4v) is 2.97. The molecule has 0 aliphatic heterocycles. The van der Waals surface area contributed by atoms with Gasteiger partial charge in [-0.3, -0.25) is 0 Å². The van der Waals surface area contributed by atoms with Gasteiger partial charge in [-0.05, 0) is 77.4 Å². The first-order valence-corrected chi connectivity index (χ1v) is 8.01. The molecule has 114 valence electrons. The Morgan fingerprint density at radius 1 is 0.947 bits per heavy atom. The van der Waals surface area contributed by atoms with E-state index in [1.165, 1.54) is 32.2 Å². The highest BCUT2D eigenvalue weighted by atomic mass is 15.2. The van der Waals surface area contributed by atoms with Crippen molar-refractivity contribution in [2.75, 3.05) is 27.2 Å². The maximum Gasteiger partial charge on any atom is 0.0271 e. The Balaban J connectivity index is 2.24. The van der Waals surface area contributed by atoms with Crippen LogP contribution in [0.3, 0.4) is 0 Å². The van der Waals surface area contributed by atoms with Gasteiger partial charge in [0, 0.05) is 12.1 Å². The lowest BCUT2D eigenvalue weighted by Gasteiger charge is -2.38. The maximum atomic E-state index is 3.69. The summed E-state index contributed by atoms with van der Waals surface area (Å²) in [6, 6.07) is 0. The van der Waals surface area contributed by atoms with Crippen molar-refractivity contribution in [1.82, 2.24) is 10.2 Å². The van der Waals surface area contributed by atoms with Crippen LogP contribution in [0.4, 0.5) is 0 Å². The Morgan fingerprint density at radius 2 is 1.47 bits per heavy atom. The largest absolute Gasteiger partial charge is 0.315 e. The van der Waals surface area contributed by atoms with E-state index in [1.54, 1.807) is 0 Å². The molecule has 0 amide bonds. The van der Waals surface area contributed by atoms with Crippen molar-refractivity contribution < 1.29 is 0 Å². The van der Waals surface area contributed by atoms with Gasteiger partial charge in [0.25, 0.3) is 0 Å². The van der Waals surface area contributed by atoms with Crippen LogP contribution in [0.25, 0.3) is 0 Å². The van der Waals surface area contributed by atoms with Gasteiger partial charge in [-0.15, -0.1) is 0 Å². The van der Waals surface area contributed by atoms with Crippen LogP contribution in [-0.2, 0) is 0 Å². The molecule has 1 N–H and O–H groups in total. The molecule has 0 atom stereocenters. The molecule has 1 aliphatic rings. The topological polar surface area (TPSA) is 15.3 Å². The molecule has 0 bridgehead atoms. The SMILES string of the molecule is CN(C)C(C)(C)CNCC1CCC(C(C)(C)C)CC1. The van der Waals surface area contributed by atoms with Crippen LogP contribution in [0.1, 0.15) is 60.3 Å². The van der Waals surface area contributed by atoms with Gasteiger partial charge in [0.2, 0.25) is 0 Å². The van der Waals surface area contributed by atoms with E-state index < -0.39 is 0 Å². The smallest absolute Gasteiger partial charge is 0.0271 e. The Kier molecular flexibility index (Phi) is 5.88. The molecular weight excluding hydrogens is 232 g/mol. The minimum Gasteiger partial charge on any atom is -0.315 e. The van der Waals surface area contributed by atoms with Crippen LogP contribution in [-0.4, -0.2) is 37.6 Å². The first-order valence-electron chi connectivity index (χ1n) is 8.01. The average Bonchev–Trinajstić information content (AvgIpc) is 2.28. The van der Waals surface area contributed by atoms with Crippen molar-refractivity contribution in [1.29, 1.82) is 0 Å². The van der Waals surface area contributed by atoms with Gasteiger partial charge in [-0.25, -0.2) is 0 Å². The summed E-state index contributed by atoms with van der Waals surface area (Å²) >= 11 is 0. The van der Waals surface area contributed by atoms with Crippen LogP contribution >= 0.6 is 0 Å². The molecule has 2 heteroatoms. The first kappa shape index (κ1) is 17.0. The Hall–Kier alpha value is -0.0800. The van der Waals surface area contributed by atoms with Crippen LogP contribution in [0.2, 0.25) is 0 Å². The summed E-state index contributed by atoms with van der Waals surface area (Å²) in [5, 5.41) is 3.69. The fraction of sp³-hybridized carbons (Fsp3) is 1.00. The molecule has 1 fully saturated rings. The molecule has 1 rings (SSSR count). The van der Waals surface area contributed by atoms with Gasteiger partial charge in [0.05, 0.1) is 0 Å². The minimum absolute atomic E-state index is 0.253. The monoisotopic (exact) mass is 268 g/mol. The van der Waals surface area contributed by atoms with Crippen LogP contribution in [0.15, 0.2) is 0 Å². The van der Waals surface area contributed by atoms with Crippen molar-refractivity contribution in [3.8, 4) is 0 Å². The molecule has 0 spiro atoms. The maximum absolute atomic E-state index is 3.69. The molecule has 2 nitrogen and oxygen atoms in total. The summed E-state index contributed by atoms with van der Waals surface area (Å²) in [6.45, 7) is 14.1. The molecule has 0 unspecified atom stereocenters. The van der Waals surface area contributed by atoms with Crippen LogP contribution in [0.5, 0.6) is 0 Å². The minimum atomic E-state index is 0.253. The normalized spacial score (nSPS) is 25.9. The molecule has 0 aromatic rings. The second-order valence-corrected chi connectivity index (χ2v) is 8.42. The summed E-state index contributed by atoms with van der Waals surface area (Å²) in [6.07, 6.45) is 5.68. The molecule has 0 radical (unpaired) electrons. The molecule has 1 aliphatic carbocycles. The Morgan fingerprint density at radius 3 is 1.89 bits per heavy atom. The number of hydrogen-bond acceptors (Lipinski definition) is 2. The second-order valence-electron chi connectivity index (χ2n) is 8.42. The van der Waals surface area contributed by atoms with E-state index in [2.05, 4.69) is 58.9 Å². The summed E-state index contributed by atoms with van der Waals surface area (Å²) in [7, 11) is 4.33. The van der Waals surface area contributed by atoms with E-state index in [9.17, 15) is 0 Å². The lowest BCUT2D eigenvalue weighted by molar-refractivity contribution is 0.143.